The minimum Gasteiger partial charge on any atom is -0.299 e. The molecule has 0 bridgehead atoms. The van der Waals surface area contributed by atoms with Gasteiger partial charge in [0.15, 0.2) is 0 Å². The van der Waals surface area contributed by atoms with Crippen LogP contribution in [0.25, 0.3) is 0 Å². The molecule has 0 aliphatic heterocycles. The number of ketones is 1. The first-order valence-corrected chi connectivity index (χ1v) is 4.73. The number of carbonyl (C=O) groups is 1. The van der Waals surface area contributed by atoms with Crippen molar-refractivity contribution in [2.24, 2.45) is 23.2 Å². The van der Waals surface area contributed by atoms with Crippen molar-refractivity contribution in [1.82, 2.24) is 0 Å². The summed E-state index contributed by atoms with van der Waals surface area (Å²) in [6.45, 7) is 2.38. The van der Waals surface area contributed by atoms with Gasteiger partial charge in [-0.15, -0.1) is 0 Å². The molecule has 0 aromatic rings. The lowest BCUT2D eigenvalue weighted by atomic mass is 9.57. The van der Waals surface area contributed by atoms with Crippen LogP contribution >= 0.6 is 0 Å². The molecule has 0 spiro atoms. The van der Waals surface area contributed by atoms with Crippen LogP contribution < -0.4 is 0 Å². The summed E-state index contributed by atoms with van der Waals surface area (Å²) in [5, 5.41) is 0. The Bertz CT molecular complexity index is 233. The third-order valence-corrected chi connectivity index (χ3v) is 4.38. The van der Waals surface area contributed by atoms with Crippen LogP contribution in [0, 0.1) is 23.2 Å². The van der Waals surface area contributed by atoms with E-state index in [2.05, 4.69) is 6.92 Å². The van der Waals surface area contributed by atoms with Crippen molar-refractivity contribution in [2.45, 2.75) is 32.6 Å². The SMILES string of the molecule is CC12CCC3C(=O)CC(C1)C32. The highest BCUT2D eigenvalue weighted by Gasteiger charge is 2.63. The molecule has 3 aliphatic carbocycles. The second kappa shape index (κ2) is 1.55. The summed E-state index contributed by atoms with van der Waals surface area (Å²) in [5.41, 5.74) is 0.599. The Hall–Kier alpha value is -0.330. The smallest absolute Gasteiger partial charge is 0.136 e. The lowest BCUT2D eigenvalue weighted by Crippen LogP contribution is -2.40. The molecule has 4 atom stereocenters. The van der Waals surface area contributed by atoms with Crippen LogP contribution in [0.15, 0.2) is 0 Å². The predicted octanol–water partition coefficient (Wildman–Crippen LogP) is 2.01. The van der Waals surface area contributed by atoms with E-state index in [1.165, 1.54) is 19.3 Å². The van der Waals surface area contributed by atoms with E-state index < -0.39 is 0 Å². The molecule has 3 saturated carbocycles. The maximum atomic E-state index is 11.4. The highest BCUT2D eigenvalue weighted by molar-refractivity contribution is 5.85. The molecular formula is C10H14O. The van der Waals surface area contributed by atoms with Gasteiger partial charge in [-0.25, -0.2) is 0 Å². The van der Waals surface area contributed by atoms with E-state index in [0.717, 1.165) is 18.3 Å². The Kier molecular flexibility index (Phi) is 0.875. The maximum absolute atomic E-state index is 11.4. The van der Waals surface area contributed by atoms with Gasteiger partial charge in [0.05, 0.1) is 0 Å². The number of carbonyl (C=O) groups excluding carboxylic acids is 1. The molecule has 0 heterocycles. The molecule has 0 N–H and O–H groups in total. The standard InChI is InChI=1S/C10H14O/c1-10-3-2-7-8(11)4-6(5-10)9(7)10/h6-7,9H,2-5H2,1H3. The summed E-state index contributed by atoms with van der Waals surface area (Å²) >= 11 is 0. The van der Waals surface area contributed by atoms with Gasteiger partial charge in [-0.05, 0) is 36.5 Å². The van der Waals surface area contributed by atoms with Crippen molar-refractivity contribution >= 4 is 5.78 Å². The first-order valence-electron chi connectivity index (χ1n) is 4.73. The lowest BCUT2D eigenvalue weighted by Gasteiger charge is -2.47. The maximum Gasteiger partial charge on any atom is 0.136 e. The molecular weight excluding hydrogens is 136 g/mol. The van der Waals surface area contributed by atoms with Crippen molar-refractivity contribution in [3.63, 3.8) is 0 Å². The van der Waals surface area contributed by atoms with Crippen LogP contribution in [0.5, 0.6) is 0 Å². The van der Waals surface area contributed by atoms with Crippen molar-refractivity contribution < 1.29 is 4.79 Å². The minimum absolute atomic E-state index is 0.499. The molecule has 1 nitrogen and oxygen atoms in total. The second-order valence-corrected chi connectivity index (χ2v) is 4.96. The Balaban J connectivity index is 2.02. The molecule has 11 heavy (non-hydrogen) atoms. The fraction of sp³-hybridized carbons (Fsp3) is 0.900. The predicted molar refractivity (Wildman–Crippen MR) is 42.1 cm³/mol. The summed E-state index contributed by atoms with van der Waals surface area (Å²) in [6.07, 6.45) is 4.80. The molecule has 1 heteroatoms. The van der Waals surface area contributed by atoms with Gasteiger partial charge >= 0.3 is 0 Å². The fourth-order valence-corrected chi connectivity index (χ4v) is 3.99. The van der Waals surface area contributed by atoms with E-state index in [1.54, 1.807) is 0 Å². The Labute approximate surface area is 67.2 Å². The second-order valence-electron chi connectivity index (χ2n) is 4.96. The first-order chi connectivity index (χ1) is 5.21. The van der Waals surface area contributed by atoms with Crippen LogP contribution in [0.4, 0.5) is 0 Å². The summed E-state index contributed by atoms with van der Waals surface area (Å²) < 4.78 is 0. The van der Waals surface area contributed by atoms with Crippen molar-refractivity contribution in [3.8, 4) is 0 Å². The normalized spacial score (nSPS) is 59.4. The Morgan fingerprint density at radius 3 is 3.09 bits per heavy atom. The summed E-state index contributed by atoms with van der Waals surface area (Å²) in [6, 6.07) is 0. The van der Waals surface area contributed by atoms with Crippen LogP contribution in [0.3, 0.4) is 0 Å². The molecule has 3 rings (SSSR count). The molecule has 3 fully saturated rings. The average Bonchev–Trinajstić information content (AvgIpc) is 2.31. The topological polar surface area (TPSA) is 17.1 Å². The number of rotatable bonds is 0. The molecule has 4 unspecified atom stereocenters. The summed E-state index contributed by atoms with van der Waals surface area (Å²) in [7, 11) is 0. The zero-order valence-electron chi connectivity index (χ0n) is 6.97. The molecule has 0 radical (unpaired) electrons. The Morgan fingerprint density at radius 1 is 1.55 bits per heavy atom. The monoisotopic (exact) mass is 150 g/mol. The number of hydrogen-bond donors (Lipinski definition) is 0. The molecule has 0 aromatic heterocycles. The highest BCUT2D eigenvalue weighted by atomic mass is 16.1. The van der Waals surface area contributed by atoms with Gasteiger partial charge in [0.2, 0.25) is 0 Å². The summed E-state index contributed by atoms with van der Waals surface area (Å²) in [5.74, 6) is 2.70. The van der Waals surface area contributed by atoms with Gasteiger partial charge in [-0.1, -0.05) is 6.92 Å². The van der Waals surface area contributed by atoms with Crippen LogP contribution in [0.1, 0.15) is 32.6 Å². The van der Waals surface area contributed by atoms with Crippen molar-refractivity contribution in [2.75, 3.05) is 0 Å². The largest absolute Gasteiger partial charge is 0.299 e. The molecule has 0 aromatic carbocycles. The number of hydrogen-bond acceptors (Lipinski definition) is 1. The van der Waals surface area contributed by atoms with Gasteiger partial charge in [0.25, 0.3) is 0 Å². The van der Waals surface area contributed by atoms with Gasteiger partial charge < -0.3 is 0 Å². The van der Waals surface area contributed by atoms with Crippen LogP contribution in [0.2, 0.25) is 0 Å². The van der Waals surface area contributed by atoms with E-state index >= 15 is 0 Å². The van der Waals surface area contributed by atoms with Crippen LogP contribution in [-0.4, -0.2) is 5.78 Å². The third kappa shape index (κ3) is 0.533. The lowest BCUT2D eigenvalue weighted by molar-refractivity contribution is -0.120. The zero-order chi connectivity index (χ0) is 7.64. The van der Waals surface area contributed by atoms with Crippen LogP contribution in [-0.2, 0) is 4.79 Å². The van der Waals surface area contributed by atoms with E-state index in [0.29, 0.717) is 17.1 Å². The van der Waals surface area contributed by atoms with E-state index in [9.17, 15) is 4.79 Å². The van der Waals surface area contributed by atoms with E-state index in [4.69, 9.17) is 0 Å². The van der Waals surface area contributed by atoms with Gasteiger partial charge in [0, 0.05) is 12.3 Å². The molecule has 3 aliphatic rings. The zero-order valence-corrected chi connectivity index (χ0v) is 6.97. The first kappa shape index (κ1) is 6.22. The fourth-order valence-electron chi connectivity index (χ4n) is 3.99. The third-order valence-electron chi connectivity index (χ3n) is 4.38. The van der Waals surface area contributed by atoms with Crippen molar-refractivity contribution in [3.05, 3.63) is 0 Å². The van der Waals surface area contributed by atoms with Gasteiger partial charge in [-0.3, -0.25) is 4.79 Å². The molecule has 60 valence electrons. The number of Topliss-reactive ketones (excluding diaryl/α,β-unsaturated/α-hetero) is 1. The van der Waals surface area contributed by atoms with E-state index in [1.807, 2.05) is 0 Å². The average molecular weight is 150 g/mol. The van der Waals surface area contributed by atoms with Crippen molar-refractivity contribution in [1.29, 1.82) is 0 Å². The van der Waals surface area contributed by atoms with Gasteiger partial charge in [-0.2, -0.15) is 0 Å². The highest BCUT2D eigenvalue weighted by Crippen LogP contribution is 2.67. The summed E-state index contributed by atoms with van der Waals surface area (Å²) in [4.78, 5) is 11.4. The molecule has 0 saturated heterocycles. The molecule has 0 amide bonds. The Morgan fingerprint density at radius 2 is 2.36 bits per heavy atom. The quantitative estimate of drug-likeness (QED) is 0.516. The van der Waals surface area contributed by atoms with Gasteiger partial charge in [0.1, 0.15) is 5.78 Å². The minimum atomic E-state index is 0.499. The van der Waals surface area contributed by atoms with E-state index in [-0.39, 0.29) is 0 Å².